The van der Waals surface area contributed by atoms with E-state index in [1.807, 2.05) is 0 Å². The highest BCUT2D eigenvalue weighted by molar-refractivity contribution is 6.29. The minimum absolute atomic E-state index is 0.398. The Labute approximate surface area is 114 Å². The van der Waals surface area contributed by atoms with E-state index in [1.54, 1.807) is 12.4 Å². The Kier molecular flexibility index (Phi) is 4.92. The van der Waals surface area contributed by atoms with Gasteiger partial charge < -0.3 is 5.73 Å². The van der Waals surface area contributed by atoms with Crippen molar-refractivity contribution in [2.24, 2.45) is 5.73 Å². The van der Waals surface area contributed by atoms with Crippen LogP contribution in [0.15, 0.2) is 12.4 Å². The molecule has 0 bridgehead atoms. The quantitative estimate of drug-likeness (QED) is 0.910. The summed E-state index contributed by atoms with van der Waals surface area (Å²) in [6.07, 6.45) is 8.02. The topological polar surface area (TPSA) is 55.0 Å². The zero-order chi connectivity index (χ0) is 13.0. The van der Waals surface area contributed by atoms with Gasteiger partial charge in [0.05, 0.1) is 18.1 Å². The molecular formula is C13H21ClN4. The fourth-order valence-electron chi connectivity index (χ4n) is 2.59. The van der Waals surface area contributed by atoms with Gasteiger partial charge in [-0.2, -0.15) is 0 Å². The number of nitrogens with two attached hydrogens (primary N) is 1. The van der Waals surface area contributed by atoms with Crippen LogP contribution in [0.2, 0.25) is 5.15 Å². The van der Waals surface area contributed by atoms with Crippen LogP contribution in [0, 0.1) is 0 Å². The minimum Gasteiger partial charge on any atom is -0.328 e. The molecule has 0 radical (unpaired) electrons. The fourth-order valence-corrected chi connectivity index (χ4v) is 2.69. The van der Waals surface area contributed by atoms with Crippen molar-refractivity contribution in [2.45, 2.75) is 51.2 Å². The Morgan fingerprint density at radius 2 is 2.00 bits per heavy atom. The van der Waals surface area contributed by atoms with Crippen molar-refractivity contribution in [1.82, 2.24) is 14.9 Å². The molecule has 0 spiro atoms. The second-order valence-corrected chi connectivity index (χ2v) is 5.35. The number of hydrogen-bond acceptors (Lipinski definition) is 4. The van der Waals surface area contributed by atoms with Gasteiger partial charge in [-0.15, -0.1) is 0 Å². The number of rotatable bonds is 4. The normalized spacial score (nSPS) is 24.4. The molecule has 1 heterocycles. The molecule has 0 saturated heterocycles. The maximum Gasteiger partial charge on any atom is 0.147 e. The molecular weight excluding hydrogens is 248 g/mol. The van der Waals surface area contributed by atoms with Gasteiger partial charge in [-0.05, 0) is 32.2 Å². The summed E-state index contributed by atoms with van der Waals surface area (Å²) in [5.74, 6) is 0. The SMILES string of the molecule is CCN(Cc1cnc(Cl)cn1)C1CCC(N)CC1. The van der Waals surface area contributed by atoms with Gasteiger partial charge in [0.1, 0.15) is 5.15 Å². The molecule has 2 N–H and O–H groups in total. The van der Waals surface area contributed by atoms with Crippen molar-refractivity contribution in [2.75, 3.05) is 6.54 Å². The molecule has 0 aliphatic heterocycles. The van der Waals surface area contributed by atoms with E-state index in [1.165, 1.54) is 12.8 Å². The largest absolute Gasteiger partial charge is 0.328 e. The number of hydrogen-bond donors (Lipinski definition) is 1. The summed E-state index contributed by atoms with van der Waals surface area (Å²) in [5, 5.41) is 0.449. The van der Waals surface area contributed by atoms with Crippen molar-refractivity contribution in [1.29, 1.82) is 0 Å². The third-order valence-corrected chi connectivity index (χ3v) is 3.90. The molecule has 0 aromatic carbocycles. The van der Waals surface area contributed by atoms with Crippen molar-refractivity contribution < 1.29 is 0 Å². The smallest absolute Gasteiger partial charge is 0.147 e. The molecule has 1 saturated carbocycles. The van der Waals surface area contributed by atoms with Gasteiger partial charge in [0.2, 0.25) is 0 Å². The van der Waals surface area contributed by atoms with E-state index < -0.39 is 0 Å². The number of aromatic nitrogens is 2. The standard InChI is InChI=1S/C13H21ClN4/c1-2-18(12-5-3-10(15)4-6-12)9-11-7-17-13(14)8-16-11/h7-8,10,12H,2-6,9,15H2,1H3. The first-order valence-electron chi connectivity index (χ1n) is 6.65. The zero-order valence-electron chi connectivity index (χ0n) is 10.8. The Morgan fingerprint density at radius 1 is 1.28 bits per heavy atom. The summed E-state index contributed by atoms with van der Waals surface area (Å²) in [4.78, 5) is 10.9. The van der Waals surface area contributed by atoms with Crippen LogP contribution in [0.4, 0.5) is 0 Å². The lowest BCUT2D eigenvalue weighted by molar-refractivity contribution is 0.147. The van der Waals surface area contributed by atoms with Gasteiger partial charge in [-0.25, -0.2) is 4.98 Å². The van der Waals surface area contributed by atoms with Gasteiger partial charge in [-0.3, -0.25) is 9.88 Å². The molecule has 0 amide bonds. The van der Waals surface area contributed by atoms with Crippen molar-refractivity contribution in [3.8, 4) is 0 Å². The van der Waals surface area contributed by atoms with E-state index in [-0.39, 0.29) is 0 Å². The first kappa shape index (κ1) is 13.7. The molecule has 0 atom stereocenters. The highest BCUT2D eigenvalue weighted by Gasteiger charge is 2.23. The van der Waals surface area contributed by atoms with Gasteiger partial charge in [-0.1, -0.05) is 18.5 Å². The Balaban J connectivity index is 1.94. The third kappa shape index (κ3) is 3.64. The molecule has 1 aromatic heterocycles. The molecule has 1 aromatic rings. The molecule has 2 rings (SSSR count). The van der Waals surface area contributed by atoms with Gasteiger partial charge >= 0.3 is 0 Å². The average Bonchev–Trinajstić information content (AvgIpc) is 2.39. The van der Waals surface area contributed by atoms with E-state index in [0.29, 0.717) is 17.2 Å². The summed E-state index contributed by atoms with van der Waals surface area (Å²) in [7, 11) is 0. The molecule has 1 fully saturated rings. The predicted octanol–water partition coefficient (Wildman–Crippen LogP) is 2.22. The molecule has 18 heavy (non-hydrogen) atoms. The summed E-state index contributed by atoms with van der Waals surface area (Å²) < 4.78 is 0. The van der Waals surface area contributed by atoms with Crippen molar-refractivity contribution >= 4 is 11.6 Å². The van der Waals surface area contributed by atoms with Crippen LogP contribution in [0.5, 0.6) is 0 Å². The fraction of sp³-hybridized carbons (Fsp3) is 0.692. The summed E-state index contributed by atoms with van der Waals surface area (Å²) in [6.45, 7) is 4.07. The van der Waals surface area contributed by atoms with E-state index in [9.17, 15) is 0 Å². The zero-order valence-corrected chi connectivity index (χ0v) is 11.6. The van der Waals surface area contributed by atoms with Crippen LogP contribution in [-0.4, -0.2) is 33.5 Å². The highest BCUT2D eigenvalue weighted by atomic mass is 35.5. The lowest BCUT2D eigenvalue weighted by Crippen LogP contribution is -2.40. The Bertz CT molecular complexity index is 360. The first-order valence-corrected chi connectivity index (χ1v) is 7.03. The van der Waals surface area contributed by atoms with Crippen LogP contribution >= 0.6 is 11.6 Å². The summed E-state index contributed by atoms with van der Waals surface area (Å²) in [6, 6.07) is 1.03. The molecule has 1 aliphatic carbocycles. The predicted molar refractivity (Wildman–Crippen MR) is 73.4 cm³/mol. The van der Waals surface area contributed by atoms with E-state index in [0.717, 1.165) is 31.6 Å². The minimum atomic E-state index is 0.398. The monoisotopic (exact) mass is 268 g/mol. The maximum atomic E-state index is 5.95. The van der Waals surface area contributed by atoms with Crippen LogP contribution in [0.1, 0.15) is 38.3 Å². The van der Waals surface area contributed by atoms with Crippen molar-refractivity contribution in [3.63, 3.8) is 0 Å². The summed E-state index contributed by atoms with van der Waals surface area (Å²) in [5.41, 5.74) is 6.93. The maximum absolute atomic E-state index is 5.95. The second kappa shape index (κ2) is 6.45. The highest BCUT2D eigenvalue weighted by Crippen LogP contribution is 2.23. The van der Waals surface area contributed by atoms with Crippen molar-refractivity contribution in [3.05, 3.63) is 23.2 Å². The van der Waals surface area contributed by atoms with Crippen LogP contribution in [0.3, 0.4) is 0 Å². The number of halogens is 1. The lowest BCUT2D eigenvalue weighted by atomic mass is 9.90. The Hall–Kier alpha value is -0.710. The van der Waals surface area contributed by atoms with Crippen LogP contribution in [-0.2, 0) is 6.54 Å². The van der Waals surface area contributed by atoms with Gasteiger partial charge in [0.15, 0.2) is 0 Å². The lowest BCUT2D eigenvalue weighted by Gasteiger charge is -2.35. The molecule has 1 aliphatic rings. The van der Waals surface area contributed by atoms with E-state index >= 15 is 0 Å². The van der Waals surface area contributed by atoms with E-state index in [2.05, 4.69) is 21.8 Å². The summed E-state index contributed by atoms with van der Waals surface area (Å²) >= 11 is 5.75. The van der Waals surface area contributed by atoms with Gasteiger partial charge in [0, 0.05) is 18.6 Å². The van der Waals surface area contributed by atoms with Crippen LogP contribution < -0.4 is 5.73 Å². The Morgan fingerprint density at radius 3 is 2.56 bits per heavy atom. The second-order valence-electron chi connectivity index (χ2n) is 4.96. The molecule has 100 valence electrons. The molecule has 0 unspecified atom stereocenters. The van der Waals surface area contributed by atoms with Gasteiger partial charge in [0.25, 0.3) is 0 Å². The molecule has 4 nitrogen and oxygen atoms in total. The third-order valence-electron chi connectivity index (χ3n) is 3.70. The first-order chi connectivity index (χ1) is 8.69. The van der Waals surface area contributed by atoms with Crippen LogP contribution in [0.25, 0.3) is 0 Å². The number of nitrogens with zero attached hydrogens (tertiary/aromatic N) is 3. The van der Waals surface area contributed by atoms with E-state index in [4.69, 9.17) is 17.3 Å². The molecule has 5 heteroatoms. The average molecular weight is 269 g/mol.